The molecule has 64 heavy (non-hydrogen) atoms. The third kappa shape index (κ3) is 15.1. The van der Waals surface area contributed by atoms with Crippen molar-refractivity contribution in [1.29, 1.82) is 0 Å². The quantitative estimate of drug-likeness (QED) is 0.0244. The van der Waals surface area contributed by atoms with Crippen LogP contribution in [0.15, 0.2) is 54.6 Å². The topological polar surface area (TPSA) is 157 Å². The van der Waals surface area contributed by atoms with Gasteiger partial charge in [-0.25, -0.2) is 27.4 Å². The summed E-state index contributed by atoms with van der Waals surface area (Å²) < 4.78 is 83.5. The molecule has 2 aliphatic heterocycles. The van der Waals surface area contributed by atoms with E-state index in [0.717, 1.165) is 19.3 Å². The summed E-state index contributed by atoms with van der Waals surface area (Å²) in [7, 11) is 0. The summed E-state index contributed by atoms with van der Waals surface area (Å²) in [6, 6.07) is 12.2. The largest absolute Gasteiger partial charge is 0.389 e. The number of rotatable bonds is 16. The normalized spacial score (nSPS) is 15.4. The monoisotopic (exact) mass is 1230 g/mol. The number of hydroxylamine groups is 2. The minimum atomic E-state index is -1.74. The van der Waals surface area contributed by atoms with E-state index in [1.54, 1.807) is 30.3 Å². The summed E-state index contributed by atoms with van der Waals surface area (Å²) in [5.41, 5.74) is 0.769. The molecule has 2 unspecified atom stereocenters. The fourth-order valence-corrected chi connectivity index (χ4v) is 8.15. The summed E-state index contributed by atoms with van der Waals surface area (Å²) in [6.45, 7) is 5.21. The molecule has 4 aromatic rings. The Bertz CT molecular complexity index is 2260. The molecule has 2 saturated heterocycles. The van der Waals surface area contributed by atoms with Crippen LogP contribution in [0, 0.1) is 36.2 Å². The van der Waals surface area contributed by atoms with Crippen LogP contribution >= 0.6 is 84.5 Å². The van der Waals surface area contributed by atoms with Crippen LogP contribution in [0.1, 0.15) is 20.7 Å². The number of morpholine rings is 2. The average Bonchev–Trinajstić information content (AvgIpc) is 3.26. The number of amides is 2. The van der Waals surface area contributed by atoms with Gasteiger partial charge in [0.25, 0.3) is 11.8 Å². The van der Waals surface area contributed by atoms with Gasteiger partial charge in [-0.1, -0.05) is 23.2 Å². The van der Waals surface area contributed by atoms with Gasteiger partial charge < -0.3 is 30.3 Å². The maximum Gasteiger partial charge on any atom is 0.290 e. The zero-order valence-electron chi connectivity index (χ0n) is 33.3. The van der Waals surface area contributed by atoms with Crippen molar-refractivity contribution < 1.29 is 60.9 Å². The maximum absolute atomic E-state index is 14.6. The van der Waals surface area contributed by atoms with Crippen LogP contribution in [0.25, 0.3) is 0 Å². The van der Waals surface area contributed by atoms with Crippen LogP contribution < -0.4 is 16.1 Å². The number of ether oxygens (including phenoxy) is 2. The van der Waals surface area contributed by atoms with Crippen molar-refractivity contribution >= 4 is 119 Å². The number of benzene rings is 4. The van der Waals surface area contributed by atoms with E-state index in [2.05, 4.69) is 49.4 Å². The Morgan fingerprint density at radius 2 is 1.22 bits per heavy atom. The maximum atomic E-state index is 14.6. The molecule has 348 valence electrons. The first kappa shape index (κ1) is 52.2. The smallest absolute Gasteiger partial charge is 0.290 e. The molecular weight excluding hydrogens is 1190 g/mol. The SMILES string of the molecule is O=C(NOCC(O)CN1CCOCC1)c1cc(F)c(F)c(F)c1Nc1ccc(I)cc1Cl.O=C(c1ccc(F)c(F)c1Nc1ccc(I)cc1Cl)N(Br)OCC(O)CN1CCOCC1. The lowest BCUT2D eigenvalue weighted by molar-refractivity contribution is -0.0876. The highest BCUT2D eigenvalue weighted by Crippen LogP contribution is 2.34. The van der Waals surface area contributed by atoms with E-state index in [-0.39, 0.29) is 40.2 Å². The molecule has 0 saturated carbocycles. The number of anilines is 4. The first-order valence-corrected chi connectivity index (χ1v) is 22.8. The van der Waals surface area contributed by atoms with Crippen LogP contribution in [-0.2, 0) is 19.1 Å². The standard InChI is InChI=1S/C20H20BrClF2IN3O4.C20H20ClF3IN3O4/c21-28(32-11-13(29)10-27-5-7-31-8-6-27)20(30)14-2-3-16(23)18(24)19(14)26-17-4-1-12(25)9-15(17)22;21-14-7-11(25)1-2-16(14)26-19-13(8-15(22)17(23)18(19)24)20(30)27-32-10-12(29)9-28-3-5-31-6-4-28/h1-4,9,13,26,29H,5-8,10-11H2;1-2,7-8,12,26,29H,3-6,9-10H2,(H,27,30). The molecule has 0 radical (unpaired) electrons. The van der Waals surface area contributed by atoms with Gasteiger partial charge in [0, 0.05) is 46.4 Å². The molecule has 5 N–H and O–H groups in total. The number of aliphatic hydroxyl groups excluding tert-OH is 2. The lowest BCUT2D eigenvalue weighted by atomic mass is 10.1. The number of hydrogen-bond acceptors (Lipinski definition) is 12. The van der Waals surface area contributed by atoms with Gasteiger partial charge in [0.15, 0.2) is 29.1 Å². The molecule has 6 rings (SSSR count). The number of carbonyl (C=O) groups excluding carboxylic acids is 2. The minimum Gasteiger partial charge on any atom is -0.389 e. The number of halogens is 10. The fourth-order valence-electron chi connectivity index (χ4n) is 6.03. The van der Waals surface area contributed by atoms with Crippen molar-refractivity contribution in [3.63, 3.8) is 0 Å². The van der Waals surface area contributed by atoms with Crippen molar-refractivity contribution in [1.82, 2.24) is 19.4 Å². The molecule has 2 fully saturated rings. The van der Waals surface area contributed by atoms with Crippen molar-refractivity contribution in [3.05, 3.63) is 112 Å². The molecule has 0 bridgehead atoms. The Morgan fingerprint density at radius 3 is 1.73 bits per heavy atom. The molecule has 2 atom stereocenters. The number of hydrogen-bond donors (Lipinski definition) is 5. The zero-order chi connectivity index (χ0) is 46.5. The summed E-state index contributed by atoms with van der Waals surface area (Å²) in [5, 5.41) is 25.9. The Hall–Kier alpha value is -2.73. The predicted molar refractivity (Wildman–Crippen MR) is 249 cm³/mol. The number of nitrogens with one attached hydrogen (secondary N) is 3. The summed E-state index contributed by atoms with van der Waals surface area (Å²) in [4.78, 5) is 39.6. The van der Waals surface area contributed by atoms with E-state index in [4.69, 9.17) is 42.4 Å². The van der Waals surface area contributed by atoms with E-state index >= 15 is 0 Å². The molecule has 24 heteroatoms. The highest BCUT2D eigenvalue weighted by atomic mass is 127. The molecule has 0 spiro atoms. The molecule has 0 aromatic heterocycles. The second kappa shape index (κ2) is 25.4. The van der Waals surface area contributed by atoms with Gasteiger partial charge >= 0.3 is 0 Å². The second-order valence-electron chi connectivity index (χ2n) is 13.9. The summed E-state index contributed by atoms with van der Waals surface area (Å²) in [6.07, 6.45) is -1.78. The molecule has 2 aliphatic rings. The summed E-state index contributed by atoms with van der Waals surface area (Å²) in [5.74, 6) is -9.08. The number of nitrogens with zero attached hydrogens (tertiary/aromatic N) is 3. The first-order valence-electron chi connectivity index (χ1n) is 19.1. The van der Waals surface area contributed by atoms with Gasteiger partial charge in [-0.05, 0) is 99.8 Å². The van der Waals surface area contributed by atoms with Gasteiger partial charge in [0.1, 0.15) is 13.2 Å². The van der Waals surface area contributed by atoms with Gasteiger partial charge in [0.2, 0.25) is 0 Å². The zero-order valence-corrected chi connectivity index (χ0v) is 40.7. The lowest BCUT2D eigenvalue weighted by Crippen LogP contribution is -2.42. The van der Waals surface area contributed by atoms with Crippen molar-refractivity contribution in [3.8, 4) is 0 Å². The Labute approximate surface area is 410 Å². The van der Waals surface area contributed by atoms with Gasteiger partial charge in [-0.15, -0.1) is 4.09 Å². The Morgan fingerprint density at radius 1 is 0.719 bits per heavy atom. The van der Waals surface area contributed by atoms with Gasteiger partial charge in [-0.3, -0.25) is 29.1 Å². The lowest BCUT2D eigenvalue weighted by Gasteiger charge is -2.28. The number of β-amino-alcohol motifs (C(OH)–C–C–N with tert-alkyl or cyclic N) is 2. The number of carbonyl (C=O) groups is 2. The van der Waals surface area contributed by atoms with Crippen molar-refractivity contribution in [2.24, 2.45) is 0 Å². The van der Waals surface area contributed by atoms with E-state index in [9.17, 15) is 41.8 Å². The van der Waals surface area contributed by atoms with Crippen LogP contribution in [0.5, 0.6) is 0 Å². The molecular formula is C40H40BrCl2F5I2N6O8. The molecule has 14 nitrogen and oxygen atoms in total. The third-order valence-corrected chi connectivity index (χ3v) is 11.7. The van der Waals surface area contributed by atoms with Crippen LogP contribution in [-0.4, -0.2) is 127 Å². The van der Waals surface area contributed by atoms with E-state index in [0.29, 0.717) is 81.5 Å². The molecule has 4 aromatic carbocycles. The predicted octanol–water partition coefficient (Wildman–Crippen LogP) is 7.80. The molecule has 0 aliphatic carbocycles. The minimum absolute atomic E-state index is 0.188. The highest BCUT2D eigenvalue weighted by Gasteiger charge is 2.27. The van der Waals surface area contributed by atoms with Gasteiger partial charge in [-0.2, -0.15) is 0 Å². The number of aliphatic hydroxyl groups is 2. The third-order valence-electron chi connectivity index (χ3n) is 9.24. The van der Waals surface area contributed by atoms with Crippen LogP contribution in [0.4, 0.5) is 44.7 Å². The van der Waals surface area contributed by atoms with Crippen molar-refractivity contribution in [2.45, 2.75) is 12.2 Å². The first-order chi connectivity index (χ1) is 30.5. The van der Waals surface area contributed by atoms with Crippen LogP contribution in [0.2, 0.25) is 10.0 Å². The highest BCUT2D eigenvalue weighted by molar-refractivity contribution is 14.1. The van der Waals surface area contributed by atoms with Crippen molar-refractivity contribution in [2.75, 3.05) is 89.5 Å². The fraction of sp³-hybridized carbons (Fsp3) is 0.350. The molecule has 2 amide bonds. The molecule has 2 heterocycles. The van der Waals surface area contributed by atoms with Gasteiger partial charge in [0.05, 0.1) is 98.7 Å². The summed E-state index contributed by atoms with van der Waals surface area (Å²) >= 11 is 19.3. The van der Waals surface area contributed by atoms with E-state index < -0.39 is 64.4 Å². The van der Waals surface area contributed by atoms with E-state index in [1.165, 1.54) is 6.07 Å². The Balaban J connectivity index is 0.000000241. The second-order valence-corrected chi connectivity index (χ2v) is 17.9. The van der Waals surface area contributed by atoms with Crippen LogP contribution in [0.3, 0.4) is 0 Å². The Kier molecular flexibility index (Phi) is 20.7. The average molecular weight is 1230 g/mol. The van der Waals surface area contributed by atoms with E-state index in [1.807, 2.05) is 37.9 Å².